The maximum atomic E-state index is 12.9. The lowest BCUT2D eigenvalue weighted by Crippen LogP contribution is -2.41. The Morgan fingerprint density at radius 3 is 2.35 bits per heavy atom. The summed E-state index contributed by atoms with van der Waals surface area (Å²) in [6, 6.07) is 0.740. The van der Waals surface area contributed by atoms with Gasteiger partial charge in [-0.1, -0.05) is 11.6 Å². The van der Waals surface area contributed by atoms with Crippen molar-refractivity contribution in [1.82, 2.24) is 10.3 Å². The molecule has 1 aromatic heterocycles. The van der Waals surface area contributed by atoms with E-state index < -0.39 is 40.7 Å². The third-order valence-electron chi connectivity index (χ3n) is 2.17. The highest BCUT2D eigenvalue weighted by atomic mass is 35.5. The topological polar surface area (TPSA) is 79.3 Å². The van der Waals surface area contributed by atoms with Crippen LogP contribution in [-0.4, -0.2) is 27.5 Å². The number of pyridine rings is 1. The molecular weight excluding hydrogens is 294 g/mol. The van der Waals surface area contributed by atoms with Crippen LogP contribution in [0.25, 0.3) is 0 Å². The van der Waals surface area contributed by atoms with Crippen LogP contribution in [0.15, 0.2) is 6.07 Å². The molecule has 1 rings (SSSR count). The van der Waals surface area contributed by atoms with E-state index in [1.807, 2.05) is 0 Å². The molecule has 0 unspecified atom stereocenters. The fraction of sp³-hybridized carbons (Fsp3) is 0.417. The molecular formula is C12H13ClF2N2O3. The number of aromatic nitrogens is 1. The van der Waals surface area contributed by atoms with E-state index in [1.165, 1.54) is 0 Å². The number of rotatable bonds is 3. The van der Waals surface area contributed by atoms with Gasteiger partial charge in [0, 0.05) is 11.1 Å². The molecule has 0 fully saturated rings. The molecule has 8 heteroatoms. The number of amides is 1. The molecule has 0 aliphatic carbocycles. The first-order chi connectivity index (χ1) is 9.03. The Hall–Kier alpha value is -1.76. The molecule has 1 aromatic rings. The molecule has 0 aliphatic rings. The van der Waals surface area contributed by atoms with Gasteiger partial charge in [0.25, 0.3) is 12.3 Å². The van der Waals surface area contributed by atoms with E-state index in [2.05, 4.69) is 10.3 Å². The zero-order chi connectivity index (χ0) is 15.7. The van der Waals surface area contributed by atoms with E-state index in [1.54, 1.807) is 20.8 Å². The van der Waals surface area contributed by atoms with Crippen LogP contribution < -0.4 is 5.32 Å². The van der Waals surface area contributed by atoms with Crippen LogP contribution in [0.4, 0.5) is 8.78 Å². The van der Waals surface area contributed by atoms with Crippen molar-refractivity contribution in [1.29, 1.82) is 0 Å². The van der Waals surface area contributed by atoms with Crippen molar-refractivity contribution in [3.8, 4) is 0 Å². The number of hydrogen-bond donors (Lipinski definition) is 2. The van der Waals surface area contributed by atoms with E-state index in [-0.39, 0.29) is 5.15 Å². The first kappa shape index (κ1) is 16.3. The van der Waals surface area contributed by atoms with Gasteiger partial charge in [-0.2, -0.15) is 0 Å². The average molecular weight is 307 g/mol. The summed E-state index contributed by atoms with van der Waals surface area (Å²) in [5, 5.41) is 11.1. The molecule has 0 aliphatic heterocycles. The lowest BCUT2D eigenvalue weighted by Gasteiger charge is -2.21. The van der Waals surface area contributed by atoms with Crippen LogP contribution in [0.1, 0.15) is 53.6 Å². The number of nitrogens with zero attached hydrogens (tertiary/aromatic N) is 1. The summed E-state index contributed by atoms with van der Waals surface area (Å²) in [6.07, 6.45) is -3.08. The Balaban J connectivity index is 3.45. The molecule has 2 N–H and O–H groups in total. The van der Waals surface area contributed by atoms with Crippen molar-refractivity contribution < 1.29 is 23.5 Å². The largest absolute Gasteiger partial charge is 0.478 e. The summed E-state index contributed by atoms with van der Waals surface area (Å²) in [4.78, 5) is 26.7. The first-order valence-electron chi connectivity index (χ1n) is 5.57. The van der Waals surface area contributed by atoms with Gasteiger partial charge in [0.1, 0.15) is 10.8 Å². The monoisotopic (exact) mass is 306 g/mol. The van der Waals surface area contributed by atoms with Crippen molar-refractivity contribution >= 4 is 23.5 Å². The van der Waals surface area contributed by atoms with Gasteiger partial charge >= 0.3 is 5.97 Å². The van der Waals surface area contributed by atoms with E-state index in [0.717, 1.165) is 6.07 Å². The summed E-state index contributed by atoms with van der Waals surface area (Å²) in [6.45, 7) is 4.97. The summed E-state index contributed by atoms with van der Waals surface area (Å²) >= 11 is 5.57. The zero-order valence-electron chi connectivity index (χ0n) is 11.0. The molecule has 0 aromatic carbocycles. The van der Waals surface area contributed by atoms with Crippen LogP contribution in [0, 0.1) is 0 Å². The lowest BCUT2D eigenvalue weighted by molar-refractivity contribution is 0.0676. The molecule has 0 radical (unpaired) electrons. The predicted octanol–water partition coefficient (Wildman–Crippen LogP) is 2.90. The molecule has 1 heterocycles. The fourth-order valence-electron chi connectivity index (χ4n) is 1.49. The Labute approximate surface area is 119 Å². The van der Waals surface area contributed by atoms with Crippen LogP contribution in [0.3, 0.4) is 0 Å². The Morgan fingerprint density at radius 2 is 1.95 bits per heavy atom. The zero-order valence-corrected chi connectivity index (χ0v) is 11.8. The normalized spacial score (nSPS) is 11.6. The third kappa shape index (κ3) is 3.86. The second-order valence-electron chi connectivity index (χ2n) is 5.07. The third-order valence-corrected chi connectivity index (χ3v) is 2.36. The second kappa shape index (κ2) is 5.70. The van der Waals surface area contributed by atoms with Crippen molar-refractivity contribution in [2.45, 2.75) is 32.7 Å². The number of carboxylic acids is 1. The number of carbonyl (C=O) groups is 2. The number of hydrogen-bond acceptors (Lipinski definition) is 3. The number of carbonyl (C=O) groups excluding carboxylic acids is 1. The summed E-state index contributed by atoms with van der Waals surface area (Å²) < 4.78 is 25.7. The Kier molecular flexibility index (Phi) is 4.65. The predicted molar refractivity (Wildman–Crippen MR) is 68.4 cm³/mol. The van der Waals surface area contributed by atoms with Gasteiger partial charge in [-0.3, -0.25) is 4.79 Å². The number of halogens is 3. The molecule has 0 saturated heterocycles. The van der Waals surface area contributed by atoms with Crippen molar-refractivity contribution in [3.63, 3.8) is 0 Å². The van der Waals surface area contributed by atoms with Gasteiger partial charge in [-0.15, -0.1) is 0 Å². The van der Waals surface area contributed by atoms with Gasteiger partial charge < -0.3 is 10.4 Å². The molecule has 0 saturated carbocycles. The summed E-state index contributed by atoms with van der Waals surface area (Å²) in [5.74, 6) is -2.54. The smallest absolute Gasteiger partial charge is 0.338 e. The SMILES string of the molecule is CC(C)(C)NC(=O)c1nc(Cl)cc(C(F)F)c1C(=O)O. The Morgan fingerprint density at radius 1 is 1.40 bits per heavy atom. The van der Waals surface area contributed by atoms with Gasteiger partial charge in [0.2, 0.25) is 0 Å². The van der Waals surface area contributed by atoms with E-state index in [4.69, 9.17) is 16.7 Å². The van der Waals surface area contributed by atoms with Crippen molar-refractivity contribution in [2.24, 2.45) is 0 Å². The maximum absolute atomic E-state index is 12.9. The highest BCUT2D eigenvalue weighted by Gasteiger charge is 2.29. The number of aromatic carboxylic acids is 1. The highest BCUT2D eigenvalue weighted by Crippen LogP contribution is 2.27. The summed E-state index contributed by atoms with van der Waals surface area (Å²) in [7, 11) is 0. The van der Waals surface area contributed by atoms with Crippen LogP contribution in [0.5, 0.6) is 0 Å². The lowest BCUT2D eigenvalue weighted by atomic mass is 10.0. The number of nitrogens with one attached hydrogen (secondary N) is 1. The molecule has 0 spiro atoms. The van der Waals surface area contributed by atoms with E-state index in [0.29, 0.717) is 0 Å². The van der Waals surface area contributed by atoms with Crippen molar-refractivity contribution in [2.75, 3.05) is 0 Å². The fourth-order valence-corrected chi connectivity index (χ4v) is 1.70. The molecule has 5 nitrogen and oxygen atoms in total. The summed E-state index contributed by atoms with van der Waals surface area (Å²) in [5.41, 5.74) is -2.99. The van der Waals surface area contributed by atoms with E-state index >= 15 is 0 Å². The van der Waals surface area contributed by atoms with Crippen LogP contribution in [-0.2, 0) is 0 Å². The molecule has 1 amide bonds. The minimum Gasteiger partial charge on any atom is -0.478 e. The number of alkyl halides is 2. The molecule has 0 bridgehead atoms. The molecule has 110 valence electrons. The van der Waals surface area contributed by atoms with Gasteiger partial charge in [0.05, 0.1) is 5.56 Å². The van der Waals surface area contributed by atoms with Crippen LogP contribution >= 0.6 is 11.6 Å². The standard InChI is InChI=1S/C12H13ClF2N2O3/c1-12(2,3)17-10(18)8-7(11(19)20)5(9(14)15)4-6(13)16-8/h4,9H,1-3H3,(H,17,18)(H,19,20). The molecule has 20 heavy (non-hydrogen) atoms. The Bertz CT molecular complexity index is 556. The average Bonchev–Trinajstić information content (AvgIpc) is 2.24. The van der Waals surface area contributed by atoms with E-state index in [9.17, 15) is 18.4 Å². The molecule has 0 atom stereocenters. The quantitative estimate of drug-likeness (QED) is 0.842. The van der Waals surface area contributed by atoms with Crippen molar-refractivity contribution in [3.05, 3.63) is 28.0 Å². The first-order valence-corrected chi connectivity index (χ1v) is 5.95. The number of carboxylic acid groups (broad SMARTS) is 1. The van der Waals surface area contributed by atoms with Gasteiger partial charge in [0.15, 0.2) is 0 Å². The minimum absolute atomic E-state index is 0.371. The highest BCUT2D eigenvalue weighted by molar-refractivity contribution is 6.29. The van der Waals surface area contributed by atoms with Gasteiger partial charge in [-0.05, 0) is 26.8 Å². The van der Waals surface area contributed by atoms with Crippen LogP contribution in [0.2, 0.25) is 5.15 Å². The van der Waals surface area contributed by atoms with Gasteiger partial charge in [-0.25, -0.2) is 18.6 Å². The minimum atomic E-state index is -3.08. The second-order valence-corrected chi connectivity index (χ2v) is 5.46. The maximum Gasteiger partial charge on any atom is 0.338 e.